The van der Waals surface area contributed by atoms with Gasteiger partial charge in [0.15, 0.2) is 5.76 Å². The summed E-state index contributed by atoms with van der Waals surface area (Å²) in [6, 6.07) is 0. The monoisotopic (exact) mass is 316 g/mol. The Hall–Kier alpha value is -2.03. The first-order valence-electron chi connectivity index (χ1n) is 8.54. The molecule has 3 nitrogen and oxygen atoms in total. The van der Waals surface area contributed by atoms with E-state index in [4.69, 9.17) is 9.84 Å². The van der Waals surface area contributed by atoms with Gasteiger partial charge in [-0.1, -0.05) is 74.6 Å². The molecule has 3 heteroatoms. The lowest BCUT2D eigenvalue weighted by molar-refractivity contribution is -0.137. The number of ether oxygens (including phenoxy) is 1. The molecule has 1 N–H and O–H groups in total. The van der Waals surface area contributed by atoms with Crippen molar-refractivity contribution in [2.24, 2.45) is 0 Å². The standard InChI is InChI=1S/C20H28O3/c21-20(22)17-15-13-11-9-7-5-3-1-2-4-6-8-10-12-14-16-19-18-23-19/h2,4,6,8,10,12,14,16,18H,1,3,5,7,9,11,13,15,17H2,(H,21,22)/b4-2?,8-6?,12-10+,16-14-. The molecule has 0 fully saturated rings. The van der Waals surface area contributed by atoms with Crippen LogP contribution >= 0.6 is 0 Å². The van der Waals surface area contributed by atoms with Crippen LogP contribution in [0, 0.1) is 0 Å². The van der Waals surface area contributed by atoms with Gasteiger partial charge in [0.2, 0.25) is 0 Å². The van der Waals surface area contributed by atoms with Crippen molar-refractivity contribution in [1.29, 1.82) is 0 Å². The second kappa shape index (κ2) is 13.6. The largest absolute Gasteiger partial charge is 0.481 e. The predicted molar refractivity (Wildman–Crippen MR) is 94.9 cm³/mol. The van der Waals surface area contributed by atoms with Gasteiger partial charge in [0.25, 0.3) is 0 Å². The van der Waals surface area contributed by atoms with Crippen LogP contribution in [0.3, 0.4) is 0 Å². The fourth-order valence-corrected chi connectivity index (χ4v) is 2.12. The highest BCUT2D eigenvalue weighted by atomic mass is 16.5. The SMILES string of the molecule is O=C(O)CCCCCCCCCC=CC=C/C=C/C=C\C1=CO1. The molecule has 0 aliphatic carbocycles. The van der Waals surface area contributed by atoms with Gasteiger partial charge in [-0.3, -0.25) is 4.79 Å². The van der Waals surface area contributed by atoms with Gasteiger partial charge >= 0.3 is 5.97 Å². The molecular weight excluding hydrogens is 288 g/mol. The van der Waals surface area contributed by atoms with E-state index in [1.165, 1.54) is 25.7 Å². The van der Waals surface area contributed by atoms with Crippen LogP contribution in [0.4, 0.5) is 0 Å². The molecule has 1 heterocycles. The van der Waals surface area contributed by atoms with Gasteiger partial charge in [-0.05, 0) is 25.3 Å². The second-order valence-electron chi connectivity index (χ2n) is 5.60. The highest BCUT2D eigenvalue weighted by molar-refractivity contribution is 5.66. The van der Waals surface area contributed by atoms with Crippen molar-refractivity contribution >= 4 is 5.97 Å². The molecule has 1 aliphatic rings. The van der Waals surface area contributed by atoms with Crippen LogP contribution in [0.25, 0.3) is 0 Å². The Morgan fingerprint density at radius 3 is 2.09 bits per heavy atom. The third-order valence-corrected chi connectivity index (χ3v) is 3.47. The van der Waals surface area contributed by atoms with Gasteiger partial charge in [0, 0.05) is 6.42 Å². The molecular formula is C20H28O3. The van der Waals surface area contributed by atoms with E-state index in [2.05, 4.69) is 12.2 Å². The first-order valence-corrected chi connectivity index (χ1v) is 8.54. The molecule has 0 spiro atoms. The van der Waals surface area contributed by atoms with Gasteiger partial charge in [-0.25, -0.2) is 0 Å². The van der Waals surface area contributed by atoms with E-state index in [1.54, 1.807) is 6.26 Å². The average molecular weight is 316 g/mol. The van der Waals surface area contributed by atoms with Crippen molar-refractivity contribution in [2.75, 3.05) is 0 Å². The number of carboxylic acids is 1. The van der Waals surface area contributed by atoms with Gasteiger partial charge in [0.05, 0.1) is 0 Å². The Balaban J connectivity index is 1.82. The summed E-state index contributed by atoms with van der Waals surface area (Å²) in [5, 5.41) is 8.53. The summed E-state index contributed by atoms with van der Waals surface area (Å²) in [6.07, 6.45) is 27.3. The fourth-order valence-electron chi connectivity index (χ4n) is 2.12. The summed E-state index contributed by atoms with van der Waals surface area (Å²) in [4.78, 5) is 10.3. The van der Waals surface area contributed by atoms with Crippen LogP contribution in [0.2, 0.25) is 0 Å². The number of hydrogen-bond donors (Lipinski definition) is 1. The van der Waals surface area contributed by atoms with E-state index >= 15 is 0 Å². The Morgan fingerprint density at radius 1 is 0.870 bits per heavy atom. The molecule has 0 aromatic rings. The highest BCUT2D eigenvalue weighted by Crippen LogP contribution is 2.13. The molecule has 1 aliphatic heterocycles. The minimum Gasteiger partial charge on any atom is -0.481 e. The van der Waals surface area contributed by atoms with E-state index in [1.807, 2.05) is 36.5 Å². The third kappa shape index (κ3) is 14.7. The van der Waals surface area contributed by atoms with Crippen LogP contribution in [-0.2, 0) is 9.53 Å². The van der Waals surface area contributed by atoms with Crippen molar-refractivity contribution in [3.05, 3.63) is 60.6 Å². The van der Waals surface area contributed by atoms with E-state index in [0.29, 0.717) is 6.42 Å². The lowest BCUT2D eigenvalue weighted by Crippen LogP contribution is -1.93. The second-order valence-corrected chi connectivity index (χ2v) is 5.60. The van der Waals surface area contributed by atoms with Crippen LogP contribution in [0.5, 0.6) is 0 Å². The molecule has 0 aromatic carbocycles. The molecule has 126 valence electrons. The van der Waals surface area contributed by atoms with Gasteiger partial charge < -0.3 is 9.84 Å². The van der Waals surface area contributed by atoms with Crippen molar-refractivity contribution in [3.63, 3.8) is 0 Å². The maximum Gasteiger partial charge on any atom is 0.303 e. The zero-order valence-electron chi connectivity index (χ0n) is 13.8. The van der Waals surface area contributed by atoms with Crippen LogP contribution in [-0.4, -0.2) is 11.1 Å². The summed E-state index contributed by atoms with van der Waals surface area (Å²) < 4.78 is 4.86. The number of unbranched alkanes of at least 4 members (excludes halogenated alkanes) is 7. The lowest BCUT2D eigenvalue weighted by atomic mass is 10.1. The number of hydrogen-bond acceptors (Lipinski definition) is 2. The minimum atomic E-state index is -0.677. The minimum absolute atomic E-state index is 0.316. The van der Waals surface area contributed by atoms with Crippen molar-refractivity contribution in [2.45, 2.75) is 57.8 Å². The number of rotatable bonds is 14. The number of carbonyl (C=O) groups is 1. The summed E-state index contributed by atoms with van der Waals surface area (Å²) in [6.45, 7) is 0. The maximum atomic E-state index is 10.3. The van der Waals surface area contributed by atoms with Crippen LogP contribution in [0.1, 0.15) is 57.8 Å². The Kier molecular flexibility index (Phi) is 11.3. The predicted octanol–water partition coefficient (Wildman–Crippen LogP) is 5.68. The Bertz CT molecular complexity index is 467. The van der Waals surface area contributed by atoms with Crippen molar-refractivity contribution in [3.8, 4) is 0 Å². The summed E-state index contributed by atoms with van der Waals surface area (Å²) in [5.41, 5.74) is 0. The Morgan fingerprint density at radius 2 is 1.43 bits per heavy atom. The molecule has 0 unspecified atom stereocenters. The van der Waals surface area contributed by atoms with E-state index in [0.717, 1.165) is 31.4 Å². The maximum absolute atomic E-state index is 10.3. The molecule has 23 heavy (non-hydrogen) atoms. The molecule has 0 bridgehead atoms. The zero-order valence-corrected chi connectivity index (χ0v) is 13.8. The smallest absolute Gasteiger partial charge is 0.303 e. The third-order valence-electron chi connectivity index (χ3n) is 3.47. The summed E-state index contributed by atoms with van der Waals surface area (Å²) in [7, 11) is 0. The van der Waals surface area contributed by atoms with Crippen molar-refractivity contribution in [1.82, 2.24) is 0 Å². The quantitative estimate of drug-likeness (QED) is 0.331. The molecule has 0 aromatic heterocycles. The molecule has 0 amide bonds. The lowest BCUT2D eigenvalue weighted by Gasteiger charge is -1.99. The van der Waals surface area contributed by atoms with E-state index in [-0.39, 0.29) is 0 Å². The normalized spacial score (nSPS) is 14.2. The highest BCUT2D eigenvalue weighted by Gasteiger charge is 2.01. The van der Waals surface area contributed by atoms with Crippen molar-refractivity contribution < 1.29 is 14.6 Å². The van der Waals surface area contributed by atoms with Gasteiger partial charge in [-0.15, -0.1) is 0 Å². The summed E-state index contributed by atoms with van der Waals surface area (Å²) in [5.74, 6) is 0.252. The molecule has 0 saturated heterocycles. The fraction of sp³-hybridized carbons (Fsp3) is 0.450. The zero-order chi connectivity index (χ0) is 16.6. The van der Waals surface area contributed by atoms with Gasteiger partial charge in [-0.2, -0.15) is 0 Å². The molecule has 0 atom stereocenters. The van der Waals surface area contributed by atoms with Crippen LogP contribution < -0.4 is 0 Å². The first-order chi connectivity index (χ1) is 11.3. The number of allylic oxidation sites excluding steroid dienone is 8. The van der Waals surface area contributed by atoms with Crippen LogP contribution in [0.15, 0.2) is 60.6 Å². The Labute approximate surface area is 139 Å². The van der Waals surface area contributed by atoms with E-state index < -0.39 is 5.97 Å². The average Bonchev–Trinajstić information content (AvgIpc) is 3.34. The number of carboxylic acid groups (broad SMARTS) is 1. The number of aliphatic carboxylic acids is 1. The summed E-state index contributed by atoms with van der Waals surface area (Å²) >= 11 is 0. The van der Waals surface area contributed by atoms with Gasteiger partial charge in [0.1, 0.15) is 6.26 Å². The molecule has 0 saturated carbocycles. The molecule has 1 rings (SSSR count). The first kappa shape index (κ1) is 19.0. The topological polar surface area (TPSA) is 49.8 Å². The van der Waals surface area contributed by atoms with E-state index in [9.17, 15) is 4.79 Å². The molecule has 0 radical (unpaired) electrons.